The molecule has 0 saturated carbocycles. The van der Waals surface area contributed by atoms with Crippen LogP contribution in [-0.4, -0.2) is 2.38 Å². The molecule has 0 aromatic carbocycles. The van der Waals surface area contributed by atoms with Gasteiger partial charge in [0.15, 0.2) is 0 Å². The lowest BCUT2D eigenvalue weighted by molar-refractivity contribution is 0.701. The molecule has 62 valence electrons. The minimum Gasteiger partial charge on any atom is -0.139 e. The number of halogens is 3. The van der Waals surface area contributed by atoms with Crippen molar-refractivity contribution in [2.24, 2.45) is 0 Å². The van der Waals surface area contributed by atoms with Crippen LogP contribution in [0.4, 0.5) is 0 Å². The normalized spacial score (nSPS) is 12.0. The van der Waals surface area contributed by atoms with E-state index < -0.39 is 2.38 Å². The highest BCUT2D eigenvalue weighted by molar-refractivity contribution is 14.3. The zero-order chi connectivity index (χ0) is 8.04. The standard InChI is InChI=1S/C6H13ClI2Si/c1-2-3-4-5-6-10(7,8)9/h2-6H2,1H3. The topological polar surface area (TPSA) is 0 Å². The molecule has 0 unspecified atom stereocenters. The van der Waals surface area contributed by atoms with Crippen LogP contribution in [0.5, 0.6) is 0 Å². The number of hydrogen-bond acceptors (Lipinski definition) is 0. The van der Waals surface area contributed by atoms with Gasteiger partial charge in [0.2, 0.25) is 0 Å². The fourth-order valence-electron chi connectivity index (χ4n) is 0.752. The molecule has 0 aromatic heterocycles. The van der Waals surface area contributed by atoms with E-state index >= 15 is 0 Å². The summed E-state index contributed by atoms with van der Waals surface area (Å²) in [5.74, 6) is 0. The van der Waals surface area contributed by atoms with Crippen LogP contribution in [0, 0.1) is 0 Å². The molecule has 0 bridgehead atoms. The van der Waals surface area contributed by atoms with Crippen LogP contribution < -0.4 is 0 Å². The molecule has 0 atom stereocenters. The van der Waals surface area contributed by atoms with E-state index in [0.29, 0.717) is 0 Å². The van der Waals surface area contributed by atoms with E-state index in [9.17, 15) is 0 Å². The molecule has 0 fully saturated rings. The molecule has 10 heavy (non-hydrogen) atoms. The number of rotatable bonds is 5. The van der Waals surface area contributed by atoms with Crippen molar-refractivity contribution in [3.8, 4) is 0 Å². The van der Waals surface area contributed by atoms with Crippen LogP contribution in [0.2, 0.25) is 6.04 Å². The molecule has 0 rings (SSSR count). The van der Waals surface area contributed by atoms with Crippen LogP contribution in [0.1, 0.15) is 32.6 Å². The summed E-state index contributed by atoms with van der Waals surface area (Å²) in [7, 11) is 0. The van der Waals surface area contributed by atoms with Crippen molar-refractivity contribution < 1.29 is 0 Å². The first-order valence-electron chi connectivity index (χ1n) is 3.63. The molecule has 0 heterocycles. The van der Waals surface area contributed by atoms with E-state index in [4.69, 9.17) is 11.1 Å². The van der Waals surface area contributed by atoms with Gasteiger partial charge in [0, 0.05) is 0 Å². The van der Waals surface area contributed by atoms with Crippen molar-refractivity contribution in [3.63, 3.8) is 0 Å². The van der Waals surface area contributed by atoms with E-state index in [1.165, 1.54) is 31.7 Å². The van der Waals surface area contributed by atoms with Gasteiger partial charge in [0.05, 0.1) is 0 Å². The summed E-state index contributed by atoms with van der Waals surface area (Å²) in [4.78, 5) is 0. The Labute approximate surface area is 94.6 Å². The van der Waals surface area contributed by atoms with Crippen molar-refractivity contribution in [2.45, 2.75) is 38.7 Å². The van der Waals surface area contributed by atoms with Gasteiger partial charge in [0.1, 0.15) is 0 Å². The quantitative estimate of drug-likeness (QED) is 0.273. The Hall–Kier alpha value is 1.97. The predicted molar refractivity (Wildman–Crippen MR) is 68.6 cm³/mol. The zero-order valence-electron chi connectivity index (χ0n) is 6.17. The minimum absolute atomic E-state index is 1.26. The fourth-order valence-corrected chi connectivity index (χ4v) is 4.09. The highest BCUT2D eigenvalue weighted by Crippen LogP contribution is 2.32. The first kappa shape index (κ1) is 12.0. The van der Waals surface area contributed by atoms with Crippen LogP contribution in [-0.2, 0) is 0 Å². The van der Waals surface area contributed by atoms with Gasteiger partial charge in [-0.2, -0.15) is 0 Å². The van der Waals surface area contributed by atoms with E-state index in [-0.39, 0.29) is 0 Å². The molecule has 0 amide bonds. The fraction of sp³-hybridized carbons (Fsp3) is 1.00. The molecule has 0 nitrogen and oxygen atoms in total. The Bertz CT molecular complexity index is 82.3. The van der Waals surface area contributed by atoms with Gasteiger partial charge >= 0.3 is 0 Å². The summed E-state index contributed by atoms with van der Waals surface area (Å²) in [5, 5.41) is 0. The smallest absolute Gasteiger partial charge is 0.139 e. The second-order valence-corrected chi connectivity index (χ2v) is 27.2. The second kappa shape index (κ2) is 6.48. The summed E-state index contributed by atoms with van der Waals surface area (Å²) in [6.45, 7) is 2.24. The third kappa shape index (κ3) is 9.97. The lowest BCUT2D eigenvalue weighted by Gasteiger charge is -2.06. The van der Waals surface area contributed by atoms with E-state index in [0.717, 1.165) is 0 Å². The molecule has 0 spiro atoms. The Morgan fingerprint density at radius 1 is 1.20 bits per heavy atom. The number of hydrogen-bond donors (Lipinski definition) is 0. The van der Waals surface area contributed by atoms with Gasteiger partial charge in [-0.05, 0) is 6.04 Å². The van der Waals surface area contributed by atoms with Crippen LogP contribution >= 0.6 is 54.7 Å². The lowest BCUT2D eigenvalue weighted by atomic mass is 10.2. The van der Waals surface area contributed by atoms with Gasteiger partial charge in [-0.3, -0.25) is 0 Å². The maximum atomic E-state index is 6.12. The average molecular weight is 403 g/mol. The molecular weight excluding hydrogens is 389 g/mol. The van der Waals surface area contributed by atoms with Crippen molar-refractivity contribution in [3.05, 3.63) is 0 Å². The van der Waals surface area contributed by atoms with E-state index in [1.807, 2.05) is 0 Å². The molecule has 0 aliphatic rings. The van der Waals surface area contributed by atoms with Crippen LogP contribution in [0.15, 0.2) is 0 Å². The Balaban J connectivity index is 3.04. The Morgan fingerprint density at radius 2 is 1.80 bits per heavy atom. The van der Waals surface area contributed by atoms with Gasteiger partial charge < -0.3 is 0 Å². The monoisotopic (exact) mass is 402 g/mol. The van der Waals surface area contributed by atoms with Gasteiger partial charge in [-0.25, -0.2) is 0 Å². The lowest BCUT2D eigenvalue weighted by Crippen LogP contribution is -2.05. The van der Waals surface area contributed by atoms with E-state index in [2.05, 4.69) is 50.5 Å². The molecule has 0 aliphatic heterocycles. The highest BCUT2D eigenvalue weighted by Gasteiger charge is 2.20. The first-order chi connectivity index (χ1) is 4.56. The SMILES string of the molecule is CCCCCC[Si](Cl)(I)I. The third-order valence-electron chi connectivity index (χ3n) is 1.31. The summed E-state index contributed by atoms with van der Waals surface area (Å²) < 4.78 is -1.29. The molecule has 0 radical (unpaired) electrons. The van der Waals surface area contributed by atoms with Gasteiger partial charge in [-0.15, -0.1) is 11.1 Å². The Kier molecular flexibility index (Phi) is 7.75. The van der Waals surface area contributed by atoms with Gasteiger partial charge in [-0.1, -0.05) is 76.2 Å². The highest BCUT2D eigenvalue weighted by atomic mass is 127. The summed E-state index contributed by atoms with van der Waals surface area (Å²) >= 11 is 11.0. The van der Waals surface area contributed by atoms with Crippen molar-refractivity contribution in [2.75, 3.05) is 0 Å². The summed E-state index contributed by atoms with van der Waals surface area (Å²) in [6, 6.07) is 1.26. The predicted octanol–water partition coefficient (Wildman–Crippen LogP) is 4.61. The van der Waals surface area contributed by atoms with Crippen molar-refractivity contribution in [1.29, 1.82) is 0 Å². The summed E-state index contributed by atoms with van der Waals surface area (Å²) in [5.41, 5.74) is 0. The van der Waals surface area contributed by atoms with Gasteiger partial charge in [0.25, 0.3) is 2.38 Å². The third-order valence-corrected chi connectivity index (χ3v) is 6.04. The van der Waals surface area contributed by atoms with E-state index in [1.54, 1.807) is 0 Å². The molecule has 0 aromatic rings. The maximum absolute atomic E-state index is 6.12. The average Bonchev–Trinajstić information content (AvgIpc) is 1.78. The molecule has 0 N–H and O–H groups in total. The Morgan fingerprint density at radius 3 is 2.20 bits per heavy atom. The summed E-state index contributed by atoms with van der Waals surface area (Å²) in [6.07, 6.45) is 5.38. The second-order valence-electron chi connectivity index (χ2n) is 2.43. The molecule has 4 heteroatoms. The largest absolute Gasteiger partial charge is 0.283 e. The molecule has 0 saturated heterocycles. The van der Waals surface area contributed by atoms with Crippen molar-refractivity contribution >= 4 is 57.1 Å². The van der Waals surface area contributed by atoms with Crippen molar-refractivity contribution in [1.82, 2.24) is 0 Å². The maximum Gasteiger partial charge on any atom is 0.283 e. The van der Waals surface area contributed by atoms with Crippen LogP contribution in [0.3, 0.4) is 0 Å². The first-order valence-corrected chi connectivity index (χ1v) is 13.1. The zero-order valence-corrected chi connectivity index (χ0v) is 12.2. The minimum atomic E-state index is -1.29. The number of unbranched alkanes of at least 4 members (excludes halogenated alkanes) is 3. The van der Waals surface area contributed by atoms with Crippen LogP contribution in [0.25, 0.3) is 0 Å². The molecule has 0 aliphatic carbocycles. The molecular formula is C6H13ClI2Si.